The zero-order valence-electron chi connectivity index (χ0n) is 14.7. The van der Waals surface area contributed by atoms with Crippen LogP contribution in [0.15, 0.2) is 72.8 Å². The normalized spacial score (nSPS) is 13.4. The Morgan fingerprint density at radius 3 is 1.93 bits per heavy atom. The number of ketones is 1. The Labute approximate surface area is 161 Å². The van der Waals surface area contributed by atoms with E-state index in [4.69, 9.17) is 10.00 Å². The van der Waals surface area contributed by atoms with Crippen molar-refractivity contribution in [3.63, 3.8) is 0 Å². The minimum Gasteiger partial charge on any atom is -0.549 e. The van der Waals surface area contributed by atoms with E-state index in [2.05, 4.69) is 0 Å². The number of nitrogens with zero attached hydrogens (tertiary/aromatic N) is 1. The van der Waals surface area contributed by atoms with Gasteiger partial charge in [-0.3, -0.25) is 4.79 Å². The Balaban J connectivity index is 1.85. The number of benzene rings is 3. The first kappa shape index (κ1) is 17.5. The third-order valence-corrected chi connectivity index (χ3v) is 4.90. The number of rotatable bonds is 4. The summed E-state index contributed by atoms with van der Waals surface area (Å²) in [7, 11) is 0. The van der Waals surface area contributed by atoms with Crippen molar-refractivity contribution in [3.05, 3.63) is 95.1 Å². The summed E-state index contributed by atoms with van der Waals surface area (Å²) in [5.74, 6) is -3.16. The molecule has 3 aromatic rings. The lowest BCUT2D eigenvalue weighted by Gasteiger charge is -2.33. The Kier molecular flexibility index (Phi) is 4.38. The van der Waals surface area contributed by atoms with Gasteiger partial charge in [-0.1, -0.05) is 48.5 Å². The molecule has 0 radical (unpaired) electrons. The Bertz CT molecular complexity index is 1070. The molecule has 1 aliphatic heterocycles. The third-order valence-electron chi connectivity index (χ3n) is 4.90. The number of fused-ring (bicyclic) bond motifs is 2. The third kappa shape index (κ3) is 2.91. The molecule has 0 saturated carbocycles. The average Bonchev–Trinajstić information content (AvgIpc) is 2.73. The molecule has 0 N–H and O–H groups in total. The highest BCUT2D eigenvalue weighted by molar-refractivity contribution is 6.09. The molecule has 0 amide bonds. The number of carbonyl (C=O) groups excluding carboxylic acids is 2. The minimum atomic E-state index is -1.45. The Morgan fingerprint density at radius 1 is 0.893 bits per heavy atom. The molecule has 0 aromatic heterocycles. The summed E-state index contributed by atoms with van der Waals surface area (Å²) < 4.78 is 5.89. The number of hydrogen-bond donors (Lipinski definition) is 0. The van der Waals surface area contributed by atoms with Gasteiger partial charge in [0.2, 0.25) is 0 Å². The fourth-order valence-corrected chi connectivity index (χ4v) is 3.59. The van der Waals surface area contributed by atoms with Crippen molar-refractivity contribution in [3.8, 4) is 17.6 Å². The molecule has 5 nitrogen and oxygen atoms in total. The number of hydrogen-bond acceptors (Lipinski definition) is 5. The highest BCUT2D eigenvalue weighted by Gasteiger charge is 2.38. The summed E-state index contributed by atoms with van der Waals surface area (Å²) in [6.07, 6.45) is 0. The van der Waals surface area contributed by atoms with Gasteiger partial charge in [0.1, 0.15) is 11.5 Å². The lowest BCUT2D eigenvalue weighted by Crippen LogP contribution is -2.41. The second-order valence-corrected chi connectivity index (χ2v) is 6.51. The van der Waals surface area contributed by atoms with E-state index < -0.39 is 23.6 Å². The number of aliphatic carboxylic acids is 1. The van der Waals surface area contributed by atoms with Crippen LogP contribution < -0.4 is 9.84 Å². The molecule has 5 heteroatoms. The van der Waals surface area contributed by atoms with Gasteiger partial charge in [-0.15, -0.1) is 0 Å². The van der Waals surface area contributed by atoms with Crippen molar-refractivity contribution in [1.29, 1.82) is 5.26 Å². The predicted molar refractivity (Wildman–Crippen MR) is 98.8 cm³/mol. The molecule has 1 heterocycles. The zero-order chi connectivity index (χ0) is 19.7. The van der Waals surface area contributed by atoms with Gasteiger partial charge < -0.3 is 14.6 Å². The van der Waals surface area contributed by atoms with Crippen molar-refractivity contribution in [2.45, 2.75) is 5.92 Å². The molecule has 0 bridgehead atoms. The summed E-state index contributed by atoms with van der Waals surface area (Å²) in [5, 5.41) is 21.1. The summed E-state index contributed by atoms with van der Waals surface area (Å²) in [5.41, 5.74) is 1.85. The van der Waals surface area contributed by atoms with Gasteiger partial charge in [-0.25, -0.2) is 0 Å². The van der Waals surface area contributed by atoms with E-state index in [0.29, 0.717) is 28.2 Å². The molecule has 1 aliphatic rings. The number of nitriles is 1. The molecular weight excluding hydrogens is 354 g/mol. The molecule has 28 heavy (non-hydrogen) atoms. The molecule has 0 aliphatic carbocycles. The molecule has 136 valence electrons. The summed E-state index contributed by atoms with van der Waals surface area (Å²) in [6.45, 7) is 0. The fourth-order valence-electron chi connectivity index (χ4n) is 3.59. The lowest BCUT2D eigenvalue weighted by atomic mass is 9.75. The molecule has 0 saturated heterocycles. The molecule has 0 fully saturated rings. The molecule has 0 spiro atoms. The Hall–Kier alpha value is -3.91. The van der Waals surface area contributed by atoms with Gasteiger partial charge in [-0.2, -0.15) is 5.26 Å². The molecule has 3 aromatic carbocycles. The smallest absolute Gasteiger partial charge is 0.172 e. The number of Topliss-reactive ketones (excluding diaryl/α,β-unsaturated/α-hetero) is 1. The summed E-state index contributed by atoms with van der Waals surface area (Å²) in [4.78, 5) is 25.3. The topological polar surface area (TPSA) is 90.2 Å². The van der Waals surface area contributed by atoms with E-state index in [1.807, 2.05) is 6.07 Å². The van der Waals surface area contributed by atoms with Crippen molar-refractivity contribution < 1.29 is 19.4 Å². The monoisotopic (exact) mass is 368 g/mol. The van der Waals surface area contributed by atoms with Crippen LogP contribution in [0.1, 0.15) is 33.0 Å². The van der Waals surface area contributed by atoms with Crippen LogP contribution in [-0.2, 0) is 4.79 Å². The predicted octanol–water partition coefficient (Wildman–Crippen LogP) is 3.04. The highest BCUT2D eigenvalue weighted by atomic mass is 16.5. The van der Waals surface area contributed by atoms with E-state index >= 15 is 0 Å². The van der Waals surface area contributed by atoms with Crippen LogP contribution >= 0.6 is 0 Å². The van der Waals surface area contributed by atoms with Gasteiger partial charge >= 0.3 is 0 Å². The molecule has 1 unspecified atom stereocenters. The van der Waals surface area contributed by atoms with Gasteiger partial charge in [0, 0.05) is 22.6 Å². The van der Waals surface area contributed by atoms with Gasteiger partial charge in [-0.05, 0) is 24.3 Å². The number of carboxylic acid groups (broad SMARTS) is 1. The zero-order valence-corrected chi connectivity index (χ0v) is 14.7. The average molecular weight is 368 g/mol. The number of ether oxygens (including phenoxy) is 1. The summed E-state index contributed by atoms with van der Waals surface area (Å²) >= 11 is 0. The lowest BCUT2D eigenvalue weighted by molar-refractivity contribution is -0.309. The fraction of sp³-hybridized carbons (Fsp3) is 0.0870. The number of para-hydroxylation sites is 2. The molecular formula is C23H14NO4-. The summed E-state index contributed by atoms with van der Waals surface area (Å²) in [6, 6.07) is 22.1. The second-order valence-electron chi connectivity index (χ2n) is 6.51. The molecule has 4 rings (SSSR count). The van der Waals surface area contributed by atoms with Crippen LogP contribution in [0.5, 0.6) is 11.5 Å². The van der Waals surface area contributed by atoms with Crippen molar-refractivity contribution in [2.24, 2.45) is 5.92 Å². The Morgan fingerprint density at radius 2 is 1.43 bits per heavy atom. The SMILES string of the molecule is N#Cc1ccc(C(=O)C(C(=O)[O-])C2c3ccccc3Oc3ccccc32)cc1. The largest absolute Gasteiger partial charge is 0.549 e. The van der Waals surface area contributed by atoms with Crippen LogP contribution in [0.3, 0.4) is 0 Å². The minimum absolute atomic E-state index is 0.217. The van der Waals surface area contributed by atoms with Crippen LogP contribution in [-0.4, -0.2) is 11.8 Å². The van der Waals surface area contributed by atoms with Gasteiger partial charge in [0.15, 0.2) is 5.78 Å². The molecule has 1 atom stereocenters. The standard InChI is InChI=1S/C23H15NO4/c24-13-14-9-11-15(12-10-14)22(25)21(23(26)27)20-16-5-1-3-7-18(16)28-19-8-4-2-6-17(19)20/h1-12,20-21H,(H,26,27)/p-1. The first-order valence-electron chi connectivity index (χ1n) is 8.71. The van der Waals surface area contributed by atoms with E-state index in [9.17, 15) is 14.7 Å². The second kappa shape index (κ2) is 7.01. The quantitative estimate of drug-likeness (QED) is 0.521. The maximum atomic E-state index is 13.2. The maximum Gasteiger partial charge on any atom is 0.172 e. The van der Waals surface area contributed by atoms with Crippen molar-refractivity contribution >= 4 is 11.8 Å². The number of carbonyl (C=O) groups is 2. The van der Waals surface area contributed by atoms with E-state index in [1.165, 1.54) is 24.3 Å². The van der Waals surface area contributed by atoms with Crippen LogP contribution in [0.4, 0.5) is 0 Å². The highest BCUT2D eigenvalue weighted by Crippen LogP contribution is 2.47. The van der Waals surface area contributed by atoms with E-state index in [1.54, 1.807) is 48.5 Å². The van der Waals surface area contributed by atoms with Gasteiger partial charge in [0.25, 0.3) is 0 Å². The van der Waals surface area contributed by atoms with Crippen LogP contribution in [0.25, 0.3) is 0 Å². The van der Waals surface area contributed by atoms with Crippen molar-refractivity contribution in [1.82, 2.24) is 0 Å². The maximum absolute atomic E-state index is 13.2. The van der Waals surface area contributed by atoms with Crippen LogP contribution in [0, 0.1) is 17.2 Å². The van der Waals surface area contributed by atoms with Gasteiger partial charge in [0.05, 0.1) is 23.5 Å². The van der Waals surface area contributed by atoms with E-state index in [-0.39, 0.29) is 5.56 Å². The first-order valence-corrected chi connectivity index (χ1v) is 8.71. The van der Waals surface area contributed by atoms with Crippen molar-refractivity contribution in [2.75, 3.05) is 0 Å². The number of carboxylic acids is 1. The van der Waals surface area contributed by atoms with E-state index in [0.717, 1.165) is 0 Å². The van der Waals surface area contributed by atoms with Crippen LogP contribution in [0.2, 0.25) is 0 Å². The first-order chi connectivity index (χ1) is 13.6.